The summed E-state index contributed by atoms with van der Waals surface area (Å²) >= 11 is 0. The summed E-state index contributed by atoms with van der Waals surface area (Å²) in [5, 5.41) is 8.85. The molecule has 1 atom stereocenters. The van der Waals surface area contributed by atoms with Gasteiger partial charge in [0.05, 0.1) is 0 Å². The summed E-state index contributed by atoms with van der Waals surface area (Å²) < 4.78 is 10.9. The van der Waals surface area contributed by atoms with E-state index >= 15 is 0 Å². The molecule has 0 aliphatic carbocycles. The SMILES string of the molecule is CC[C@@H]1CN(Cc2ccc(OCc3ccc(C(=O)O)o3)cc2)CCN1C. The van der Waals surface area contributed by atoms with Crippen molar-refractivity contribution in [3.63, 3.8) is 0 Å². The minimum absolute atomic E-state index is 0.0727. The van der Waals surface area contributed by atoms with E-state index in [-0.39, 0.29) is 12.4 Å². The molecule has 1 aromatic carbocycles. The van der Waals surface area contributed by atoms with Gasteiger partial charge >= 0.3 is 5.97 Å². The van der Waals surface area contributed by atoms with E-state index in [9.17, 15) is 4.79 Å². The molecule has 3 rings (SSSR count). The monoisotopic (exact) mass is 358 g/mol. The van der Waals surface area contributed by atoms with Crippen LogP contribution in [0.2, 0.25) is 0 Å². The third kappa shape index (κ3) is 4.65. The summed E-state index contributed by atoms with van der Waals surface area (Å²) in [6.07, 6.45) is 1.18. The van der Waals surface area contributed by atoms with Gasteiger partial charge in [-0.3, -0.25) is 4.90 Å². The van der Waals surface area contributed by atoms with Gasteiger partial charge in [0.1, 0.15) is 18.1 Å². The quantitative estimate of drug-likeness (QED) is 0.820. The number of hydrogen-bond donors (Lipinski definition) is 1. The van der Waals surface area contributed by atoms with Gasteiger partial charge in [-0.15, -0.1) is 0 Å². The zero-order valence-corrected chi connectivity index (χ0v) is 15.4. The highest BCUT2D eigenvalue weighted by Gasteiger charge is 2.22. The molecule has 0 saturated carbocycles. The van der Waals surface area contributed by atoms with Crippen molar-refractivity contribution in [3.05, 3.63) is 53.5 Å². The highest BCUT2D eigenvalue weighted by molar-refractivity contribution is 5.84. The fourth-order valence-electron chi connectivity index (χ4n) is 3.27. The van der Waals surface area contributed by atoms with Gasteiger partial charge in [-0.2, -0.15) is 0 Å². The number of hydrogen-bond acceptors (Lipinski definition) is 5. The first-order chi connectivity index (χ1) is 12.5. The van der Waals surface area contributed by atoms with Crippen molar-refractivity contribution < 1.29 is 19.1 Å². The number of piperazine rings is 1. The number of benzene rings is 1. The topological polar surface area (TPSA) is 66.1 Å². The second-order valence-electron chi connectivity index (χ2n) is 6.78. The number of rotatable bonds is 7. The van der Waals surface area contributed by atoms with Gasteiger partial charge in [-0.1, -0.05) is 19.1 Å². The molecule has 26 heavy (non-hydrogen) atoms. The van der Waals surface area contributed by atoms with Crippen LogP contribution in [0, 0.1) is 0 Å². The number of carboxylic acid groups (broad SMARTS) is 1. The second kappa shape index (κ2) is 8.38. The molecular weight excluding hydrogens is 332 g/mol. The normalized spacial score (nSPS) is 18.8. The molecule has 6 nitrogen and oxygen atoms in total. The van der Waals surface area contributed by atoms with E-state index in [4.69, 9.17) is 14.3 Å². The van der Waals surface area contributed by atoms with Crippen LogP contribution in [-0.2, 0) is 13.2 Å². The van der Waals surface area contributed by atoms with Crippen LogP contribution in [0.5, 0.6) is 5.75 Å². The Morgan fingerprint density at radius 1 is 1.23 bits per heavy atom. The number of ether oxygens (including phenoxy) is 1. The molecule has 0 spiro atoms. The van der Waals surface area contributed by atoms with Gasteiger partial charge in [-0.05, 0) is 43.3 Å². The third-order valence-corrected chi connectivity index (χ3v) is 4.92. The summed E-state index contributed by atoms with van der Waals surface area (Å²) in [6, 6.07) is 11.8. The van der Waals surface area contributed by atoms with E-state index in [0.717, 1.165) is 31.9 Å². The zero-order chi connectivity index (χ0) is 18.5. The predicted molar refractivity (Wildman–Crippen MR) is 98.4 cm³/mol. The molecule has 0 unspecified atom stereocenters. The van der Waals surface area contributed by atoms with Crippen LogP contribution >= 0.6 is 0 Å². The van der Waals surface area contributed by atoms with Gasteiger partial charge in [0.15, 0.2) is 0 Å². The molecule has 1 aliphatic rings. The van der Waals surface area contributed by atoms with Crippen molar-refractivity contribution in [2.24, 2.45) is 0 Å². The number of carboxylic acids is 1. The minimum atomic E-state index is -1.07. The highest BCUT2D eigenvalue weighted by atomic mass is 16.5. The van der Waals surface area contributed by atoms with Crippen molar-refractivity contribution in [3.8, 4) is 5.75 Å². The largest absolute Gasteiger partial charge is 0.486 e. The zero-order valence-electron chi connectivity index (χ0n) is 15.4. The predicted octanol–water partition coefficient (Wildman–Crippen LogP) is 3.08. The molecule has 1 aliphatic heterocycles. The summed E-state index contributed by atoms with van der Waals surface area (Å²) in [6.45, 7) is 6.72. The molecule has 140 valence electrons. The van der Waals surface area contributed by atoms with E-state index in [0.29, 0.717) is 11.8 Å². The lowest BCUT2D eigenvalue weighted by atomic mass is 10.1. The Morgan fingerprint density at radius 2 is 2.00 bits per heavy atom. The maximum atomic E-state index is 10.8. The number of carbonyl (C=O) groups is 1. The van der Waals surface area contributed by atoms with Gasteiger partial charge in [0, 0.05) is 32.2 Å². The first kappa shape index (κ1) is 18.5. The van der Waals surface area contributed by atoms with Gasteiger partial charge in [-0.25, -0.2) is 4.79 Å². The maximum absolute atomic E-state index is 10.8. The first-order valence-corrected chi connectivity index (χ1v) is 9.01. The number of nitrogens with zero attached hydrogens (tertiary/aromatic N) is 2. The summed E-state index contributed by atoms with van der Waals surface area (Å²) in [5.74, 6) is 0.0905. The molecule has 1 aromatic heterocycles. The standard InChI is InChI=1S/C20H26N2O4/c1-3-16-13-22(11-10-21(16)2)12-15-4-6-17(7-5-15)25-14-18-8-9-19(26-18)20(23)24/h4-9,16H,3,10-14H2,1-2H3,(H,23,24)/t16-/m1/s1. The Bertz CT molecular complexity index is 726. The Balaban J connectivity index is 1.51. The van der Waals surface area contributed by atoms with E-state index in [1.54, 1.807) is 6.07 Å². The second-order valence-corrected chi connectivity index (χ2v) is 6.78. The van der Waals surface area contributed by atoms with Crippen molar-refractivity contribution in [1.82, 2.24) is 9.80 Å². The third-order valence-electron chi connectivity index (χ3n) is 4.92. The van der Waals surface area contributed by atoms with E-state index in [1.165, 1.54) is 18.1 Å². The molecule has 0 radical (unpaired) electrons. The van der Waals surface area contributed by atoms with Gasteiger partial charge in [0.2, 0.25) is 5.76 Å². The molecule has 1 N–H and O–H groups in total. The number of furan rings is 1. The van der Waals surface area contributed by atoms with Gasteiger partial charge in [0.25, 0.3) is 0 Å². The molecule has 6 heteroatoms. The average Bonchev–Trinajstić information content (AvgIpc) is 3.12. The van der Waals surface area contributed by atoms with Crippen LogP contribution in [0.3, 0.4) is 0 Å². The van der Waals surface area contributed by atoms with Gasteiger partial charge < -0.3 is 19.2 Å². The maximum Gasteiger partial charge on any atom is 0.371 e. The summed E-state index contributed by atoms with van der Waals surface area (Å²) in [7, 11) is 2.20. The Labute approximate surface area is 154 Å². The molecule has 2 heterocycles. The fraction of sp³-hybridized carbons (Fsp3) is 0.450. The lowest BCUT2D eigenvalue weighted by Crippen LogP contribution is -2.50. The van der Waals surface area contributed by atoms with Crippen LogP contribution < -0.4 is 4.74 Å². The fourth-order valence-corrected chi connectivity index (χ4v) is 3.27. The van der Waals surface area contributed by atoms with Crippen LogP contribution in [0.1, 0.15) is 35.2 Å². The smallest absolute Gasteiger partial charge is 0.371 e. The first-order valence-electron chi connectivity index (χ1n) is 9.01. The minimum Gasteiger partial charge on any atom is -0.486 e. The molecule has 2 aromatic rings. The lowest BCUT2D eigenvalue weighted by molar-refractivity contribution is 0.0658. The van der Waals surface area contributed by atoms with E-state index in [2.05, 4.69) is 35.9 Å². The molecule has 0 amide bonds. The summed E-state index contributed by atoms with van der Waals surface area (Å²) in [4.78, 5) is 15.7. The Morgan fingerprint density at radius 3 is 2.65 bits per heavy atom. The van der Waals surface area contributed by atoms with Crippen molar-refractivity contribution in [2.75, 3.05) is 26.7 Å². The number of aromatic carboxylic acids is 1. The number of likely N-dealkylation sites (N-methyl/N-ethyl adjacent to an activating group) is 1. The van der Waals surface area contributed by atoms with Crippen LogP contribution in [0.4, 0.5) is 0 Å². The lowest BCUT2D eigenvalue weighted by Gasteiger charge is -2.39. The Hall–Kier alpha value is -2.31. The molecular formula is C20H26N2O4. The van der Waals surface area contributed by atoms with E-state index < -0.39 is 5.97 Å². The molecule has 0 bridgehead atoms. The highest BCUT2D eigenvalue weighted by Crippen LogP contribution is 2.18. The molecule has 1 saturated heterocycles. The van der Waals surface area contributed by atoms with Crippen LogP contribution in [-0.4, -0.2) is 53.6 Å². The van der Waals surface area contributed by atoms with Crippen molar-refractivity contribution in [2.45, 2.75) is 32.5 Å². The van der Waals surface area contributed by atoms with Crippen molar-refractivity contribution >= 4 is 5.97 Å². The Kier molecular flexibility index (Phi) is 5.96. The van der Waals surface area contributed by atoms with E-state index in [1.807, 2.05) is 12.1 Å². The summed E-state index contributed by atoms with van der Waals surface area (Å²) in [5.41, 5.74) is 1.27. The van der Waals surface area contributed by atoms with Crippen molar-refractivity contribution in [1.29, 1.82) is 0 Å². The molecule has 1 fully saturated rings. The van der Waals surface area contributed by atoms with Crippen LogP contribution in [0.25, 0.3) is 0 Å². The average molecular weight is 358 g/mol. The van der Waals surface area contributed by atoms with Crippen LogP contribution in [0.15, 0.2) is 40.8 Å².